The minimum absolute atomic E-state index is 0.0178. The summed E-state index contributed by atoms with van der Waals surface area (Å²) in [6.45, 7) is 0.813. The number of aliphatic hydroxyl groups is 1. The fourth-order valence-electron chi connectivity index (χ4n) is 3.71. The Morgan fingerprint density at radius 2 is 1.88 bits per heavy atom. The van der Waals surface area contributed by atoms with Crippen LogP contribution in [0.4, 0.5) is 4.39 Å². The predicted molar refractivity (Wildman–Crippen MR) is 123 cm³/mol. The van der Waals surface area contributed by atoms with Crippen LogP contribution in [0.5, 0.6) is 23.0 Å². The van der Waals surface area contributed by atoms with Gasteiger partial charge in [0.1, 0.15) is 41.6 Å². The zero-order valence-electron chi connectivity index (χ0n) is 18.4. The smallest absolute Gasteiger partial charge is 0.339 e. The summed E-state index contributed by atoms with van der Waals surface area (Å²) in [6, 6.07) is 18.0. The number of halogens is 1. The van der Waals surface area contributed by atoms with E-state index in [1.807, 2.05) is 12.1 Å². The molecular formula is C26H26FNO6. The second-order valence-corrected chi connectivity index (χ2v) is 8.00. The third-order valence-electron chi connectivity index (χ3n) is 5.43. The maximum absolute atomic E-state index is 13.6. The molecule has 1 heterocycles. The highest BCUT2D eigenvalue weighted by Crippen LogP contribution is 2.33. The first-order valence-corrected chi connectivity index (χ1v) is 11.1. The van der Waals surface area contributed by atoms with Gasteiger partial charge in [0.2, 0.25) is 0 Å². The number of carboxylic acid groups (broad SMARTS) is 1. The summed E-state index contributed by atoms with van der Waals surface area (Å²) in [6.07, 6.45) is 0.700. The van der Waals surface area contributed by atoms with E-state index in [0.717, 1.165) is 24.2 Å². The van der Waals surface area contributed by atoms with E-state index in [1.165, 1.54) is 18.2 Å². The summed E-state index contributed by atoms with van der Waals surface area (Å²) in [4.78, 5) is 11.4. The minimum atomic E-state index is -1.05. The minimum Gasteiger partial charge on any atom is -0.489 e. The van der Waals surface area contributed by atoms with Crippen LogP contribution in [0.15, 0.2) is 66.7 Å². The molecule has 3 aromatic carbocycles. The zero-order valence-corrected chi connectivity index (χ0v) is 18.4. The van der Waals surface area contributed by atoms with E-state index in [2.05, 4.69) is 5.32 Å². The summed E-state index contributed by atoms with van der Waals surface area (Å²) in [5, 5.41) is 22.6. The van der Waals surface area contributed by atoms with Crippen LogP contribution in [0.1, 0.15) is 22.3 Å². The predicted octanol–water partition coefficient (Wildman–Crippen LogP) is 4.04. The van der Waals surface area contributed by atoms with Crippen LogP contribution < -0.4 is 19.5 Å². The van der Waals surface area contributed by atoms with Crippen molar-refractivity contribution in [3.63, 3.8) is 0 Å². The maximum atomic E-state index is 13.6. The highest BCUT2D eigenvalue weighted by molar-refractivity contribution is 5.90. The second kappa shape index (κ2) is 11.0. The van der Waals surface area contributed by atoms with E-state index in [0.29, 0.717) is 12.3 Å². The van der Waals surface area contributed by atoms with Crippen molar-refractivity contribution in [3.8, 4) is 23.0 Å². The molecule has 0 aliphatic carbocycles. The molecular weight excluding hydrogens is 441 g/mol. The number of carbonyl (C=O) groups is 1. The number of nitrogens with one attached hydrogen (secondary N) is 1. The molecule has 1 aliphatic rings. The molecule has 3 N–H and O–H groups in total. The molecule has 0 amide bonds. The highest BCUT2D eigenvalue weighted by Gasteiger charge is 2.21. The van der Waals surface area contributed by atoms with E-state index >= 15 is 0 Å². The average molecular weight is 467 g/mol. The number of rotatable bonds is 10. The third kappa shape index (κ3) is 6.03. The highest BCUT2D eigenvalue weighted by atomic mass is 19.1. The number of carboxylic acids is 1. The van der Waals surface area contributed by atoms with Crippen LogP contribution >= 0.6 is 0 Å². The topological polar surface area (TPSA) is 97.3 Å². The first-order chi connectivity index (χ1) is 16.5. The summed E-state index contributed by atoms with van der Waals surface area (Å²) in [5.74, 6) is 0.188. The van der Waals surface area contributed by atoms with E-state index in [1.54, 1.807) is 36.4 Å². The Kier molecular flexibility index (Phi) is 7.61. The number of aryl methyl sites for hydroxylation is 1. The van der Waals surface area contributed by atoms with Gasteiger partial charge in [-0.3, -0.25) is 0 Å². The van der Waals surface area contributed by atoms with Crippen molar-refractivity contribution < 1.29 is 33.6 Å². The largest absolute Gasteiger partial charge is 0.489 e. The lowest BCUT2D eigenvalue weighted by molar-refractivity contribution is 0.0694. The Hall–Kier alpha value is -3.62. The number of benzene rings is 3. The number of fused-ring (bicyclic) bond motifs is 1. The fourth-order valence-corrected chi connectivity index (χ4v) is 3.71. The van der Waals surface area contributed by atoms with Gasteiger partial charge in [-0.05, 0) is 60.9 Å². The lowest BCUT2D eigenvalue weighted by Crippen LogP contribution is -2.39. The van der Waals surface area contributed by atoms with Crippen molar-refractivity contribution in [3.05, 3.63) is 83.7 Å². The molecule has 4 rings (SSSR count). The number of para-hydroxylation sites is 2. The monoisotopic (exact) mass is 467 g/mol. The van der Waals surface area contributed by atoms with Crippen LogP contribution in [-0.4, -0.2) is 48.1 Å². The van der Waals surface area contributed by atoms with Crippen LogP contribution in [-0.2, 0) is 6.42 Å². The molecule has 0 saturated carbocycles. The lowest BCUT2D eigenvalue weighted by atomic mass is 10.0. The molecule has 1 aliphatic heterocycles. The van der Waals surface area contributed by atoms with Crippen LogP contribution in [0.3, 0.4) is 0 Å². The van der Waals surface area contributed by atoms with Gasteiger partial charge in [0, 0.05) is 13.1 Å². The summed E-state index contributed by atoms with van der Waals surface area (Å²) in [5.41, 5.74) is 1.09. The van der Waals surface area contributed by atoms with Gasteiger partial charge in [0.15, 0.2) is 11.6 Å². The summed E-state index contributed by atoms with van der Waals surface area (Å²) < 4.78 is 30.7. The molecule has 0 aromatic heterocycles. The molecule has 0 unspecified atom stereocenters. The van der Waals surface area contributed by atoms with E-state index < -0.39 is 17.9 Å². The van der Waals surface area contributed by atoms with Crippen molar-refractivity contribution in [1.29, 1.82) is 0 Å². The Morgan fingerprint density at radius 3 is 2.68 bits per heavy atom. The van der Waals surface area contributed by atoms with Crippen molar-refractivity contribution >= 4 is 5.97 Å². The normalized spacial score (nSPS) is 15.6. The van der Waals surface area contributed by atoms with E-state index in [4.69, 9.17) is 14.2 Å². The fraction of sp³-hybridized carbons (Fsp3) is 0.269. The van der Waals surface area contributed by atoms with E-state index in [-0.39, 0.29) is 36.3 Å². The van der Waals surface area contributed by atoms with Gasteiger partial charge in [-0.2, -0.15) is 0 Å². The molecule has 3 aromatic rings. The molecule has 7 nitrogen and oxygen atoms in total. The van der Waals surface area contributed by atoms with Gasteiger partial charge in [-0.25, -0.2) is 9.18 Å². The Morgan fingerprint density at radius 1 is 1.12 bits per heavy atom. The first kappa shape index (κ1) is 23.5. The molecule has 2 atom stereocenters. The van der Waals surface area contributed by atoms with Crippen molar-refractivity contribution in [2.75, 3.05) is 19.7 Å². The second-order valence-electron chi connectivity index (χ2n) is 8.00. The standard InChI is InChI=1S/C26H26FNO6/c27-22-6-2-4-8-25(22)32-16-18(29)14-28-15-20-10-9-17-13-19(11-12-23(17)34-20)33-24-7-3-1-5-21(24)26(30)31/h1-8,11-13,18,20,28-29H,9-10,14-16H2,(H,30,31)/t18-,20+/m0/s1. The number of hydrogen-bond donors (Lipinski definition) is 3. The molecule has 0 fully saturated rings. The first-order valence-electron chi connectivity index (χ1n) is 11.1. The van der Waals surface area contributed by atoms with Gasteiger partial charge in [-0.1, -0.05) is 24.3 Å². The molecule has 178 valence electrons. The zero-order chi connectivity index (χ0) is 23.9. The third-order valence-corrected chi connectivity index (χ3v) is 5.43. The summed E-state index contributed by atoms with van der Waals surface area (Å²) in [7, 11) is 0. The van der Waals surface area contributed by atoms with Gasteiger partial charge in [0.25, 0.3) is 0 Å². The van der Waals surface area contributed by atoms with Gasteiger partial charge in [0.05, 0.1) is 0 Å². The SMILES string of the molecule is O=C(O)c1ccccc1Oc1ccc2c(c1)CC[C@H](CNC[C@H](O)COc1ccccc1F)O2. The number of hydrogen-bond acceptors (Lipinski definition) is 6. The lowest BCUT2D eigenvalue weighted by Gasteiger charge is -2.27. The average Bonchev–Trinajstić information content (AvgIpc) is 2.84. The van der Waals surface area contributed by atoms with Crippen molar-refractivity contribution in [2.24, 2.45) is 0 Å². The molecule has 0 bridgehead atoms. The summed E-state index contributed by atoms with van der Waals surface area (Å²) >= 11 is 0. The Balaban J connectivity index is 1.25. The molecule has 0 radical (unpaired) electrons. The van der Waals surface area contributed by atoms with Gasteiger partial charge < -0.3 is 29.7 Å². The van der Waals surface area contributed by atoms with Crippen LogP contribution in [0, 0.1) is 5.82 Å². The Bertz CT molecular complexity index is 1140. The van der Waals surface area contributed by atoms with Gasteiger partial charge >= 0.3 is 5.97 Å². The van der Waals surface area contributed by atoms with E-state index in [9.17, 15) is 19.4 Å². The van der Waals surface area contributed by atoms with Crippen molar-refractivity contribution in [2.45, 2.75) is 25.0 Å². The quantitative estimate of drug-likeness (QED) is 0.414. The molecule has 0 saturated heterocycles. The van der Waals surface area contributed by atoms with Crippen molar-refractivity contribution in [1.82, 2.24) is 5.32 Å². The number of ether oxygens (including phenoxy) is 3. The maximum Gasteiger partial charge on any atom is 0.339 e. The molecule has 8 heteroatoms. The number of aliphatic hydroxyl groups excluding tert-OH is 1. The Labute approximate surface area is 196 Å². The number of aromatic carboxylic acids is 1. The van der Waals surface area contributed by atoms with Crippen LogP contribution in [0.25, 0.3) is 0 Å². The molecule has 34 heavy (non-hydrogen) atoms. The van der Waals surface area contributed by atoms with Gasteiger partial charge in [-0.15, -0.1) is 0 Å². The van der Waals surface area contributed by atoms with Crippen LogP contribution in [0.2, 0.25) is 0 Å². The molecule has 0 spiro atoms.